The molecular formula is C14H24N2O3S. The molecule has 0 bridgehead atoms. The Balaban J connectivity index is 1.90. The van der Waals surface area contributed by atoms with E-state index in [4.69, 9.17) is 4.42 Å². The highest BCUT2D eigenvalue weighted by Crippen LogP contribution is 2.23. The first-order valence-corrected chi connectivity index (χ1v) is 8.89. The average molecular weight is 300 g/mol. The van der Waals surface area contributed by atoms with Crippen molar-refractivity contribution in [1.82, 2.24) is 10.0 Å². The molecule has 0 radical (unpaired) electrons. The van der Waals surface area contributed by atoms with Gasteiger partial charge in [-0.25, -0.2) is 13.1 Å². The zero-order valence-electron chi connectivity index (χ0n) is 12.0. The Hall–Kier alpha value is -0.850. The zero-order chi connectivity index (χ0) is 14.4. The minimum absolute atomic E-state index is 0.0150. The largest absolute Gasteiger partial charge is 0.447 e. The minimum atomic E-state index is -3.51. The molecule has 1 aliphatic carbocycles. The second kappa shape index (κ2) is 7.24. The van der Waals surface area contributed by atoms with Crippen molar-refractivity contribution < 1.29 is 12.8 Å². The van der Waals surface area contributed by atoms with Crippen molar-refractivity contribution in [3.63, 3.8) is 0 Å². The first kappa shape index (κ1) is 15.5. The highest BCUT2D eigenvalue weighted by molar-refractivity contribution is 7.89. The van der Waals surface area contributed by atoms with Crippen LogP contribution in [0.2, 0.25) is 0 Å². The molecule has 1 saturated carbocycles. The van der Waals surface area contributed by atoms with Gasteiger partial charge in [-0.1, -0.05) is 26.2 Å². The van der Waals surface area contributed by atoms with Gasteiger partial charge in [0.15, 0.2) is 0 Å². The number of nitrogens with one attached hydrogen (secondary N) is 2. The third kappa shape index (κ3) is 4.33. The fourth-order valence-electron chi connectivity index (χ4n) is 2.54. The summed E-state index contributed by atoms with van der Waals surface area (Å²) in [4.78, 5) is 0. The molecule has 114 valence electrons. The van der Waals surface area contributed by atoms with Crippen LogP contribution >= 0.6 is 0 Å². The van der Waals surface area contributed by atoms with Crippen LogP contribution in [0.1, 0.15) is 44.8 Å². The Morgan fingerprint density at radius 3 is 2.70 bits per heavy atom. The smallest absolute Gasteiger partial charge is 0.273 e. The van der Waals surface area contributed by atoms with E-state index in [0.717, 1.165) is 19.4 Å². The van der Waals surface area contributed by atoms with E-state index in [1.54, 1.807) is 6.07 Å². The second-order valence-corrected chi connectivity index (χ2v) is 7.05. The van der Waals surface area contributed by atoms with E-state index in [2.05, 4.69) is 10.0 Å². The first-order valence-electron chi connectivity index (χ1n) is 7.41. The number of hydrogen-bond acceptors (Lipinski definition) is 4. The molecule has 20 heavy (non-hydrogen) atoms. The SMILES string of the molecule is CCNCc1ccc(S(=O)(=O)NCC2CCCCC2)o1. The Labute approximate surface area is 121 Å². The summed E-state index contributed by atoms with van der Waals surface area (Å²) in [6.07, 6.45) is 5.92. The molecule has 1 aliphatic rings. The monoisotopic (exact) mass is 300 g/mol. The molecule has 0 unspecified atom stereocenters. The molecule has 0 saturated heterocycles. The van der Waals surface area contributed by atoms with Crippen LogP contribution in [0.25, 0.3) is 0 Å². The number of sulfonamides is 1. The molecule has 1 aromatic rings. The molecule has 0 aromatic carbocycles. The predicted octanol–water partition coefficient (Wildman–Crippen LogP) is 2.25. The lowest BCUT2D eigenvalue weighted by molar-refractivity contribution is 0.353. The van der Waals surface area contributed by atoms with Gasteiger partial charge in [-0.15, -0.1) is 0 Å². The van der Waals surface area contributed by atoms with Crippen molar-refractivity contribution in [2.75, 3.05) is 13.1 Å². The molecule has 6 heteroatoms. The van der Waals surface area contributed by atoms with Gasteiger partial charge in [0.2, 0.25) is 5.09 Å². The van der Waals surface area contributed by atoms with Gasteiger partial charge in [-0.05, 0) is 37.4 Å². The number of furan rings is 1. The maximum Gasteiger partial charge on any atom is 0.273 e. The quantitative estimate of drug-likeness (QED) is 0.810. The van der Waals surface area contributed by atoms with Crippen molar-refractivity contribution in [3.8, 4) is 0 Å². The summed E-state index contributed by atoms with van der Waals surface area (Å²) in [5.74, 6) is 1.11. The third-order valence-electron chi connectivity index (χ3n) is 3.74. The highest BCUT2D eigenvalue weighted by atomic mass is 32.2. The van der Waals surface area contributed by atoms with Crippen LogP contribution in [0.5, 0.6) is 0 Å². The minimum Gasteiger partial charge on any atom is -0.447 e. The van der Waals surface area contributed by atoms with Crippen LogP contribution < -0.4 is 10.0 Å². The highest BCUT2D eigenvalue weighted by Gasteiger charge is 2.21. The van der Waals surface area contributed by atoms with E-state index < -0.39 is 10.0 Å². The molecule has 1 heterocycles. The maximum atomic E-state index is 12.1. The van der Waals surface area contributed by atoms with Crippen molar-refractivity contribution in [1.29, 1.82) is 0 Å². The second-order valence-electron chi connectivity index (χ2n) is 5.36. The van der Waals surface area contributed by atoms with Gasteiger partial charge < -0.3 is 9.73 Å². The molecule has 1 fully saturated rings. The molecule has 0 aliphatic heterocycles. The van der Waals surface area contributed by atoms with Gasteiger partial charge in [-0.3, -0.25) is 0 Å². The lowest BCUT2D eigenvalue weighted by Crippen LogP contribution is -2.30. The Bertz CT molecular complexity index is 504. The summed E-state index contributed by atoms with van der Waals surface area (Å²) < 4.78 is 32.3. The average Bonchev–Trinajstić information content (AvgIpc) is 2.94. The van der Waals surface area contributed by atoms with Crippen molar-refractivity contribution >= 4 is 10.0 Å². The fourth-order valence-corrected chi connectivity index (χ4v) is 3.60. The molecule has 0 spiro atoms. The molecule has 2 rings (SSSR count). The van der Waals surface area contributed by atoms with Crippen LogP contribution in [0.4, 0.5) is 0 Å². The Morgan fingerprint density at radius 2 is 2.00 bits per heavy atom. The van der Waals surface area contributed by atoms with Crippen LogP contribution in [0, 0.1) is 5.92 Å². The van der Waals surface area contributed by atoms with E-state index >= 15 is 0 Å². The molecule has 5 nitrogen and oxygen atoms in total. The van der Waals surface area contributed by atoms with E-state index in [9.17, 15) is 8.42 Å². The van der Waals surface area contributed by atoms with E-state index in [1.807, 2.05) is 6.92 Å². The summed E-state index contributed by atoms with van der Waals surface area (Å²) in [7, 11) is -3.51. The zero-order valence-corrected chi connectivity index (χ0v) is 12.8. The van der Waals surface area contributed by atoms with Gasteiger partial charge in [0.25, 0.3) is 10.0 Å². The molecule has 0 amide bonds. The summed E-state index contributed by atoms with van der Waals surface area (Å²) >= 11 is 0. The Kier molecular flexibility index (Phi) is 5.63. The van der Waals surface area contributed by atoms with E-state index in [1.165, 1.54) is 25.3 Å². The predicted molar refractivity (Wildman–Crippen MR) is 77.9 cm³/mol. The topological polar surface area (TPSA) is 71.3 Å². The van der Waals surface area contributed by atoms with Gasteiger partial charge >= 0.3 is 0 Å². The number of hydrogen-bond donors (Lipinski definition) is 2. The lowest BCUT2D eigenvalue weighted by Gasteiger charge is -2.21. The van der Waals surface area contributed by atoms with Crippen LogP contribution in [0.3, 0.4) is 0 Å². The maximum absolute atomic E-state index is 12.1. The van der Waals surface area contributed by atoms with Gasteiger partial charge in [0, 0.05) is 6.54 Å². The van der Waals surface area contributed by atoms with Gasteiger partial charge in [0.1, 0.15) is 5.76 Å². The summed E-state index contributed by atoms with van der Waals surface area (Å²) in [6.45, 7) is 3.88. The third-order valence-corrected chi connectivity index (χ3v) is 5.03. The van der Waals surface area contributed by atoms with Crippen LogP contribution in [-0.4, -0.2) is 21.5 Å². The lowest BCUT2D eigenvalue weighted by atomic mass is 9.90. The Morgan fingerprint density at radius 1 is 1.25 bits per heavy atom. The van der Waals surface area contributed by atoms with Crippen LogP contribution in [-0.2, 0) is 16.6 Å². The normalized spacial score (nSPS) is 17.4. The fraction of sp³-hybridized carbons (Fsp3) is 0.714. The van der Waals surface area contributed by atoms with E-state index in [-0.39, 0.29) is 5.09 Å². The number of rotatable bonds is 7. The van der Waals surface area contributed by atoms with Crippen molar-refractivity contribution in [3.05, 3.63) is 17.9 Å². The molecular weight excluding hydrogens is 276 g/mol. The van der Waals surface area contributed by atoms with Gasteiger partial charge in [-0.2, -0.15) is 0 Å². The van der Waals surface area contributed by atoms with E-state index in [0.29, 0.717) is 24.8 Å². The standard InChI is InChI=1S/C14H24N2O3S/c1-2-15-11-13-8-9-14(19-13)20(17,18)16-10-12-6-4-3-5-7-12/h8-9,12,15-16H,2-7,10-11H2,1H3. The first-order chi connectivity index (χ1) is 9.62. The van der Waals surface area contributed by atoms with Gasteiger partial charge in [0.05, 0.1) is 6.54 Å². The summed E-state index contributed by atoms with van der Waals surface area (Å²) in [5, 5.41) is 3.12. The molecule has 1 aromatic heterocycles. The summed E-state index contributed by atoms with van der Waals surface area (Å²) in [6, 6.07) is 3.23. The van der Waals surface area contributed by atoms with Crippen molar-refractivity contribution in [2.24, 2.45) is 5.92 Å². The van der Waals surface area contributed by atoms with Crippen LogP contribution in [0.15, 0.2) is 21.6 Å². The molecule has 0 atom stereocenters. The molecule has 2 N–H and O–H groups in total. The summed E-state index contributed by atoms with van der Waals surface area (Å²) in [5.41, 5.74) is 0. The van der Waals surface area contributed by atoms with Crippen molar-refractivity contribution in [2.45, 2.75) is 50.7 Å².